The monoisotopic (exact) mass is 340 g/mol. The summed E-state index contributed by atoms with van der Waals surface area (Å²) in [7, 11) is -3.25. The minimum atomic E-state index is -3.25. The molecule has 108 valence electrons. The largest absolute Gasteiger partial charge is 0.279 e. The first-order chi connectivity index (χ1) is 8.58. The van der Waals surface area contributed by atoms with Crippen molar-refractivity contribution in [3.63, 3.8) is 0 Å². The summed E-state index contributed by atoms with van der Waals surface area (Å²) in [6, 6.07) is 0.143. The van der Waals surface area contributed by atoms with E-state index in [-0.39, 0.29) is 6.04 Å². The van der Waals surface area contributed by atoms with Crippen molar-refractivity contribution in [1.29, 1.82) is 0 Å². The Morgan fingerprint density at radius 3 is 2.61 bits per heavy atom. The van der Waals surface area contributed by atoms with Crippen LogP contribution in [0.1, 0.15) is 51.9 Å². The zero-order valence-electron chi connectivity index (χ0n) is 11.2. The van der Waals surface area contributed by atoms with Crippen LogP contribution in [0.3, 0.4) is 0 Å². The summed E-state index contributed by atoms with van der Waals surface area (Å²) in [4.78, 5) is 0. The van der Waals surface area contributed by atoms with E-state index < -0.39 is 10.2 Å². The molecule has 1 atom stereocenters. The third kappa shape index (κ3) is 5.55. The van der Waals surface area contributed by atoms with Crippen molar-refractivity contribution in [3.05, 3.63) is 0 Å². The molecule has 1 heterocycles. The Morgan fingerprint density at radius 1 is 1.22 bits per heavy atom. The molecule has 0 aromatic rings. The van der Waals surface area contributed by atoms with E-state index in [9.17, 15) is 8.42 Å². The van der Waals surface area contributed by atoms with E-state index in [1.807, 2.05) is 6.92 Å². The van der Waals surface area contributed by atoms with Gasteiger partial charge in [0, 0.05) is 24.5 Å². The Morgan fingerprint density at radius 2 is 1.94 bits per heavy atom. The smallest absolute Gasteiger partial charge is 0.202 e. The lowest BCUT2D eigenvalue weighted by Gasteiger charge is -2.32. The number of nitrogens with zero attached hydrogens (tertiary/aromatic N) is 1. The Labute approximate surface area is 120 Å². The van der Waals surface area contributed by atoms with Crippen molar-refractivity contribution in [2.45, 2.75) is 57.9 Å². The molecule has 0 aromatic heterocycles. The van der Waals surface area contributed by atoms with Crippen LogP contribution < -0.4 is 4.72 Å². The maximum Gasteiger partial charge on any atom is 0.279 e. The van der Waals surface area contributed by atoms with Crippen LogP contribution in [-0.4, -0.2) is 37.2 Å². The zero-order chi connectivity index (χ0) is 13.4. The van der Waals surface area contributed by atoms with Crippen LogP contribution in [0.15, 0.2) is 0 Å². The standard InChI is InChI=1S/C12H25BrN2O2S/c1-12-8-4-7-11-15(12)18(16,17)14-10-6-3-2-5-9-13/h12,14H,2-11H2,1H3. The predicted octanol–water partition coefficient (Wildman–Crippen LogP) is 2.65. The first kappa shape index (κ1) is 16.4. The molecule has 1 unspecified atom stereocenters. The number of halogens is 1. The van der Waals surface area contributed by atoms with Crippen LogP contribution in [0.2, 0.25) is 0 Å². The van der Waals surface area contributed by atoms with Gasteiger partial charge in [0.1, 0.15) is 0 Å². The lowest BCUT2D eigenvalue weighted by molar-refractivity contribution is 0.265. The maximum atomic E-state index is 12.1. The van der Waals surface area contributed by atoms with E-state index in [1.54, 1.807) is 4.31 Å². The van der Waals surface area contributed by atoms with Gasteiger partial charge in [0.05, 0.1) is 0 Å². The summed E-state index contributed by atoms with van der Waals surface area (Å²) in [5, 5.41) is 1.03. The molecule has 1 saturated heterocycles. The number of nitrogens with one attached hydrogen (secondary N) is 1. The highest BCUT2D eigenvalue weighted by molar-refractivity contribution is 9.09. The lowest BCUT2D eigenvalue weighted by atomic mass is 10.1. The molecular weight excluding hydrogens is 316 g/mol. The van der Waals surface area contributed by atoms with Gasteiger partial charge in [-0.15, -0.1) is 0 Å². The molecule has 1 rings (SSSR count). The van der Waals surface area contributed by atoms with Gasteiger partial charge in [-0.25, -0.2) is 4.72 Å². The van der Waals surface area contributed by atoms with Crippen LogP contribution in [0, 0.1) is 0 Å². The molecule has 4 nitrogen and oxygen atoms in total. The van der Waals surface area contributed by atoms with Gasteiger partial charge in [-0.1, -0.05) is 35.2 Å². The minimum Gasteiger partial charge on any atom is -0.202 e. The second-order valence-electron chi connectivity index (χ2n) is 4.96. The molecule has 0 bridgehead atoms. The molecule has 1 fully saturated rings. The third-order valence-electron chi connectivity index (χ3n) is 3.40. The van der Waals surface area contributed by atoms with E-state index in [0.29, 0.717) is 13.1 Å². The molecular formula is C12H25BrN2O2S. The van der Waals surface area contributed by atoms with E-state index in [0.717, 1.165) is 50.3 Å². The van der Waals surface area contributed by atoms with Gasteiger partial charge >= 0.3 is 0 Å². The quantitative estimate of drug-likeness (QED) is 0.545. The Hall–Kier alpha value is 0.350. The molecule has 6 heteroatoms. The van der Waals surface area contributed by atoms with E-state index in [2.05, 4.69) is 20.7 Å². The van der Waals surface area contributed by atoms with E-state index in [1.165, 1.54) is 0 Å². The first-order valence-electron chi connectivity index (χ1n) is 6.90. The predicted molar refractivity (Wildman–Crippen MR) is 79.2 cm³/mol. The number of piperidine rings is 1. The average Bonchev–Trinajstić information content (AvgIpc) is 2.34. The minimum absolute atomic E-state index is 0.143. The number of unbranched alkanes of at least 4 members (excludes halogenated alkanes) is 3. The van der Waals surface area contributed by atoms with Crippen molar-refractivity contribution < 1.29 is 8.42 Å². The Bertz CT molecular complexity index is 322. The van der Waals surface area contributed by atoms with Crippen LogP contribution in [0.5, 0.6) is 0 Å². The summed E-state index contributed by atoms with van der Waals surface area (Å²) in [6.45, 7) is 3.22. The molecule has 1 aliphatic rings. The number of rotatable bonds is 8. The zero-order valence-corrected chi connectivity index (χ0v) is 13.6. The summed E-state index contributed by atoms with van der Waals surface area (Å²) < 4.78 is 28.5. The average molecular weight is 341 g/mol. The molecule has 1 N–H and O–H groups in total. The Balaban J connectivity index is 2.26. The normalized spacial score (nSPS) is 22.2. The van der Waals surface area contributed by atoms with Crippen molar-refractivity contribution in [3.8, 4) is 0 Å². The highest BCUT2D eigenvalue weighted by atomic mass is 79.9. The van der Waals surface area contributed by atoms with Gasteiger partial charge in [0.15, 0.2) is 0 Å². The number of hydrogen-bond acceptors (Lipinski definition) is 2. The molecule has 1 aliphatic heterocycles. The summed E-state index contributed by atoms with van der Waals surface area (Å²) in [5.74, 6) is 0. The van der Waals surface area contributed by atoms with Crippen LogP contribution >= 0.6 is 15.9 Å². The summed E-state index contributed by atoms with van der Waals surface area (Å²) in [5.41, 5.74) is 0. The van der Waals surface area contributed by atoms with E-state index in [4.69, 9.17) is 0 Å². The molecule has 0 aliphatic carbocycles. The molecule has 0 aromatic carbocycles. The Kier molecular flexibility index (Phi) is 7.75. The van der Waals surface area contributed by atoms with Crippen molar-refractivity contribution in [2.75, 3.05) is 18.4 Å². The second-order valence-corrected chi connectivity index (χ2v) is 7.46. The molecule has 0 saturated carbocycles. The molecule has 0 radical (unpaired) electrons. The topological polar surface area (TPSA) is 49.4 Å². The van der Waals surface area contributed by atoms with Gasteiger partial charge in [0.25, 0.3) is 10.2 Å². The van der Waals surface area contributed by atoms with E-state index >= 15 is 0 Å². The van der Waals surface area contributed by atoms with Gasteiger partial charge in [0.2, 0.25) is 0 Å². The molecule has 0 spiro atoms. The van der Waals surface area contributed by atoms with Gasteiger partial charge in [-0.05, 0) is 32.6 Å². The number of alkyl halides is 1. The fourth-order valence-corrected chi connectivity index (χ4v) is 4.20. The lowest BCUT2D eigenvalue weighted by Crippen LogP contribution is -2.48. The van der Waals surface area contributed by atoms with Gasteiger partial charge in [-0.2, -0.15) is 12.7 Å². The second kappa shape index (κ2) is 8.51. The first-order valence-corrected chi connectivity index (χ1v) is 9.46. The van der Waals surface area contributed by atoms with Crippen molar-refractivity contribution in [1.82, 2.24) is 9.03 Å². The highest BCUT2D eigenvalue weighted by Crippen LogP contribution is 2.18. The van der Waals surface area contributed by atoms with Crippen molar-refractivity contribution in [2.24, 2.45) is 0 Å². The highest BCUT2D eigenvalue weighted by Gasteiger charge is 2.28. The van der Waals surface area contributed by atoms with Gasteiger partial charge < -0.3 is 0 Å². The van der Waals surface area contributed by atoms with Crippen LogP contribution in [0.25, 0.3) is 0 Å². The van der Waals surface area contributed by atoms with Crippen LogP contribution in [0.4, 0.5) is 0 Å². The molecule has 0 amide bonds. The fraction of sp³-hybridized carbons (Fsp3) is 1.00. The summed E-state index contributed by atoms with van der Waals surface area (Å²) in [6.07, 6.45) is 7.43. The third-order valence-corrected chi connectivity index (χ3v) is 5.69. The SMILES string of the molecule is CC1CCCCN1S(=O)(=O)NCCCCCCBr. The van der Waals surface area contributed by atoms with Crippen molar-refractivity contribution >= 4 is 26.1 Å². The maximum absolute atomic E-state index is 12.1. The summed E-state index contributed by atoms with van der Waals surface area (Å²) >= 11 is 3.39. The number of hydrogen-bond donors (Lipinski definition) is 1. The fourth-order valence-electron chi connectivity index (χ4n) is 2.29. The van der Waals surface area contributed by atoms with Gasteiger partial charge in [-0.3, -0.25) is 0 Å². The molecule has 18 heavy (non-hydrogen) atoms. The van der Waals surface area contributed by atoms with Crippen LogP contribution in [-0.2, 0) is 10.2 Å².